The van der Waals surface area contributed by atoms with E-state index in [0.29, 0.717) is 23.8 Å². The van der Waals surface area contributed by atoms with Gasteiger partial charge in [0.15, 0.2) is 0 Å². The van der Waals surface area contributed by atoms with E-state index in [9.17, 15) is 9.90 Å². The van der Waals surface area contributed by atoms with Crippen LogP contribution in [0.1, 0.15) is 36.0 Å². The largest absolute Gasteiger partial charge is 0.508 e. The van der Waals surface area contributed by atoms with Gasteiger partial charge in [-0.05, 0) is 38.1 Å². The number of benzene rings is 1. The monoisotopic (exact) mass is 291 g/mol. The fourth-order valence-electron chi connectivity index (χ4n) is 2.87. The number of carbonyl (C=O) groups excluding carboxylic acids is 1. The molecule has 0 atom stereocenters. The van der Waals surface area contributed by atoms with E-state index in [4.69, 9.17) is 5.73 Å². The molecule has 0 aromatic heterocycles. The molecule has 21 heavy (non-hydrogen) atoms. The summed E-state index contributed by atoms with van der Waals surface area (Å²) in [6.45, 7) is 1.51. The number of amides is 1. The number of likely N-dealkylation sites (N-methyl/N-ethyl adjacent to an activating group) is 2. The first-order valence-corrected chi connectivity index (χ1v) is 7.53. The third-order valence-corrected chi connectivity index (χ3v) is 4.35. The van der Waals surface area contributed by atoms with Crippen molar-refractivity contribution in [2.45, 2.75) is 31.7 Å². The lowest BCUT2D eigenvalue weighted by Gasteiger charge is -2.27. The van der Waals surface area contributed by atoms with Gasteiger partial charge in [-0.2, -0.15) is 0 Å². The number of carbonyl (C=O) groups is 1. The van der Waals surface area contributed by atoms with E-state index in [1.54, 1.807) is 18.0 Å². The van der Waals surface area contributed by atoms with E-state index in [2.05, 4.69) is 11.9 Å². The predicted octanol–water partition coefficient (Wildman–Crippen LogP) is 1.92. The summed E-state index contributed by atoms with van der Waals surface area (Å²) < 4.78 is 0. The topological polar surface area (TPSA) is 69.8 Å². The van der Waals surface area contributed by atoms with Crippen LogP contribution in [0.4, 0.5) is 5.69 Å². The van der Waals surface area contributed by atoms with E-state index in [0.717, 1.165) is 6.54 Å². The van der Waals surface area contributed by atoms with Crippen molar-refractivity contribution >= 4 is 11.6 Å². The molecule has 1 aromatic rings. The Kier molecular flexibility index (Phi) is 5.07. The third-order valence-electron chi connectivity index (χ3n) is 4.35. The zero-order valence-corrected chi connectivity index (χ0v) is 12.9. The number of rotatable bonds is 5. The second kappa shape index (κ2) is 6.80. The lowest BCUT2D eigenvalue weighted by Crippen LogP contribution is -2.38. The normalized spacial score (nSPS) is 15.6. The first-order chi connectivity index (χ1) is 9.99. The van der Waals surface area contributed by atoms with Gasteiger partial charge < -0.3 is 20.6 Å². The SMILES string of the molecule is CN(CCN(C)C1CCCC1)C(=O)c1cc(O)ccc1N. The third kappa shape index (κ3) is 3.88. The van der Waals surface area contributed by atoms with Gasteiger partial charge in [-0.25, -0.2) is 0 Å². The predicted molar refractivity (Wildman–Crippen MR) is 84.4 cm³/mol. The molecule has 1 fully saturated rings. The van der Waals surface area contributed by atoms with Gasteiger partial charge in [0.05, 0.1) is 5.56 Å². The standard InChI is InChI=1S/C16H25N3O2/c1-18(12-5-3-4-6-12)9-10-19(2)16(21)14-11-13(20)7-8-15(14)17/h7-8,11-12,20H,3-6,9-10,17H2,1-2H3. The van der Waals surface area contributed by atoms with Crippen LogP contribution in [0.3, 0.4) is 0 Å². The lowest BCUT2D eigenvalue weighted by atomic mass is 10.1. The van der Waals surface area contributed by atoms with Gasteiger partial charge in [-0.1, -0.05) is 12.8 Å². The molecule has 0 radical (unpaired) electrons. The molecule has 0 saturated heterocycles. The Balaban J connectivity index is 1.91. The number of hydrogen-bond acceptors (Lipinski definition) is 4. The molecule has 1 aliphatic rings. The Bertz CT molecular complexity index is 498. The molecular weight excluding hydrogens is 266 g/mol. The number of hydrogen-bond donors (Lipinski definition) is 2. The Hall–Kier alpha value is -1.75. The number of phenols is 1. The summed E-state index contributed by atoms with van der Waals surface area (Å²) in [6.07, 6.45) is 5.13. The lowest BCUT2D eigenvalue weighted by molar-refractivity contribution is 0.0775. The summed E-state index contributed by atoms with van der Waals surface area (Å²) in [4.78, 5) is 16.4. The molecule has 0 heterocycles. The quantitative estimate of drug-likeness (QED) is 0.642. The zero-order valence-electron chi connectivity index (χ0n) is 12.9. The molecule has 2 rings (SSSR count). The summed E-state index contributed by atoms with van der Waals surface area (Å²) in [5.41, 5.74) is 6.57. The summed E-state index contributed by atoms with van der Waals surface area (Å²) >= 11 is 0. The number of anilines is 1. The van der Waals surface area contributed by atoms with Crippen LogP contribution in [0.2, 0.25) is 0 Å². The van der Waals surface area contributed by atoms with Gasteiger partial charge in [0.25, 0.3) is 5.91 Å². The number of phenolic OH excluding ortho intramolecular Hbond substituents is 1. The highest BCUT2D eigenvalue weighted by molar-refractivity contribution is 5.99. The second-order valence-electron chi connectivity index (χ2n) is 5.92. The average molecular weight is 291 g/mol. The van der Waals surface area contributed by atoms with Crippen LogP contribution < -0.4 is 5.73 Å². The number of aromatic hydroxyl groups is 1. The van der Waals surface area contributed by atoms with Crippen LogP contribution >= 0.6 is 0 Å². The molecular formula is C16H25N3O2. The van der Waals surface area contributed by atoms with Crippen molar-refractivity contribution in [1.82, 2.24) is 9.80 Å². The molecule has 1 aliphatic carbocycles. The van der Waals surface area contributed by atoms with Crippen molar-refractivity contribution in [3.63, 3.8) is 0 Å². The van der Waals surface area contributed by atoms with Gasteiger partial charge in [-0.15, -0.1) is 0 Å². The van der Waals surface area contributed by atoms with Gasteiger partial charge in [-0.3, -0.25) is 4.79 Å². The minimum absolute atomic E-state index is 0.0593. The van der Waals surface area contributed by atoms with E-state index in [1.807, 2.05) is 0 Å². The van der Waals surface area contributed by atoms with E-state index in [1.165, 1.54) is 37.8 Å². The molecule has 1 aromatic carbocycles. The minimum atomic E-state index is -0.150. The maximum Gasteiger partial charge on any atom is 0.255 e. The Morgan fingerprint density at radius 2 is 1.95 bits per heavy atom. The molecule has 5 nitrogen and oxygen atoms in total. The zero-order chi connectivity index (χ0) is 15.4. The Labute approximate surface area is 126 Å². The van der Waals surface area contributed by atoms with Crippen molar-refractivity contribution in [2.24, 2.45) is 0 Å². The molecule has 5 heteroatoms. The van der Waals surface area contributed by atoms with Crippen molar-refractivity contribution in [1.29, 1.82) is 0 Å². The maximum atomic E-state index is 12.4. The number of nitrogens with two attached hydrogens (primary N) is 1. The summed E-state index contributed by atoms with van der Waals surface area (Å²) in [5.74, 6) is -0.0905. The van der Waals surface area contributed by atoms with Crippen LogP contribution in [-0.4, -0.2) is 54.0 Å². The first kappa shape index (κ1) is 15.6. The number of nitrogen functional groups attached to an aromatic ring is 1. The van der Waals surface area contributed by atoms with E-state index in [-0.39, 0.29) is 11.7 Å². The highest BCUT2D eigenvalue weighted by Crippen LogP contribution is 2.22. The molecule has 0 bridgehead atoms. The smallest absolute Gasteiger partial charge is 0.255 e. The fraction of sp³-hybridized carbons (Fsp3) is 0.562. The summed E-state index contributed by atoms with van der Waals surface area (Å²) in [7, 11) is 3.89. The van der Waals surface area contributed by atoms with Gasteiger partial charge in [0, 0.05) is 31.9 Å². The van der Waals surface area contributed by atoms with Crippen LogP contribution in [0.5, 0.6) is 5.75 Å². The van der Waals surface area contributed by atoms with Crippen molar-refractivity contribution in [3.8, 4) is 5.75 Å². The minimum Gasteiger partial charge on any atom is -0.508 e. The molecule has 3 N–H and O–H groups in total. The van der Waals surface area contributed by atoms with Crippen LogP contribution in [-0.2, 0) is 0 Å². The Morgan fingerprint density at radius 3 is 2.62 bits per heavy atom. The molecule has 1 amide bonds. The van der Waals surface area contributed by atoms with E-state index >= 15 is 0 Å². The van der Waals surface area contributed by atoms with Crippen molar-refractivity contribution in [2.75, 3.05) is 32.9 Å². The average Bonchev–Trinajstić information content (AvgIpc) is 3.00. The molecule has 0 aliphatic heterocycles. The highest BCUT2D eigenvalue weighted by Gasteiger charge is 2.21. The van der Waals surface area contributed by atoms with E-state index < -0.39 is 0 Å². The van der Waals surface area contributed by atoms with Crippen LogP contribution in [0.15, 0.2) is 18.2 Å². The fourth-order valence-corrected chi connectivity index (χ4v) is 2.87. The second-order valence-corrected chi connectivity index (χ2v) is 5.92. The number of nitrogens with zero attached hydrogens (tertiary/aromatic N) is 2. The molecule has 1 saturated carbocycles. The van der Waals surface area contributed by atoms with Gasteiger partial charge in [0.1, 0.15) is 5.75 Å². The van der Waals surface area contributed by atoms with Gasteiger partial charge in [0.2, 0.25) is 0 Å². The summed E-state index contributed by atoms with van der Waals surface area (Å²) in [5, 5.41) is 9.50. The van der Waals surface area contributed by atoms with Crippen molar-refractivity contribution in [3.05, 3.63) is 23.8 Å². The first-order valence-electron chi connectivity index (χ1n) is 7.53. The van der Waals surface area contributed by atoms with Crippen LogP contribution in [0, 0.1) is 0 Å². The summed E-state index contributed by atoms with van der Waals surface area (Å²) in [6, 6.07) is 5.12. The van der Waals surface area contributed by atoms with Gasteiger partial charge >= 0.3 is 0 Å². The maximum absolute atomic E-state index is 12.4. The molecule has 116 valence electrons. The molecule has 0 spiro atoms. The molecule has 0 unspecified atom stereocenters. The Morgan fingerprint density at radius 1 is 1.29 bits per heavy atom. The van der Waals surface area contributed by atoms with Crippen LogP contribution in [0.25, 0.3) is 0 Å². The van der Waals surface area contributed by atoms with Crippen molar-refractivity contribution < 1.29 is 9.90 Å². The highest BCUT2D eigenvalue weighted by atomic mass is 16.3.